The van der Waals surface area contributed by atoms with Gasteiger partial charge in [0.1, 0.15) is 5.75 Å². The fraction of sp³-hybridized carbons (Fsp3) is 0.211. The number of H-pyrrole nitrogens is 1. The lowest BCUT2D eigenvalue weighted by molar-refractivity contribution is -0.139. The van der Waals surface area contributed by atoms with E-state index in [9.17, 15) is 4.79 Å². The van der Waals surface area contributed by atoms with Crippen LogP contribution in [0.15, 0.2) is 54.7 Å². The van der Waals surface area contributed by atoms with E-state index < -0.39 is 0 Å². The van der Waals surface area contributed by atoms with E-state index in [1.54, 1.807) is 0 Å². The van der Waals surface area contributed by atoms with Crippen LogP contribution >= 0.6 is 0 Å². The van der Waals surface area contributed by atoms with E-state index in [1.165, 1.54) is 18.1 Å². The minimum Gasteiger partial charge on any atom is -0.493 e. The molecule has 0 aliphatic heterocycles. The van der Waals surface area contributed by atoms with Crippen LogP contribution in [0.25, 0.3) is 10.9 Å². The Morgan fingerprint density at radius 1 is 1.09 bits per heavy atom. The van der Waals surface area contributed by atoms with Crippen LogP contribution in [0.1, 0.15) is 11.1 Å². The average molecular weight is 309 g/mol. The summed E-state index contributed by atoms with van der Waals surface area (Å²) in [7, 11) is 1.39. The summed E-state index contributed by atoms with van der Waals surface area (Å²) in [6.45, 7) is 0.609. The first-order valence-electron chi connectivity index (χ1n) is 7.60. The molecule has 3 rings (SSSR count). The highest BCUT2D eigenvalue weighted by atomic mass is 16.5. The Balaban J connectivity index is 1.55. The number of nitrogens with one attached hydrogen (secondary N) is 1. The first-order valence-corrected chi connectivity index (χ1v) is 7.60. The van der Waals surface area contributed by atoms with E-state index in [0.717, 1.165) is 23.3 Å². The van der Waals surface area contributed by atoms with Crippen molar-refractivity contribution in [3.05, 3.63) is 65.9 Å². The van der Waals surface area contributed by atoms with Crippen LogP contribution in [0.5, 0.6) is 5.75 Å². The van der Waals surface area contributed by atoms with E-state index in [-0.39, 0.29) is 12.4 Å². The lowest BCUT2D eigenvalue weighted by atomic mass is 10.1. The molecule has 1 heterocycles. The predicted molar refractivity (Wildman–Crippen MR) is 89.7 cm³/mol. The second-order valence-electron chi connectivity index (χ2n) is 5.35. The van der Waals surface area contributed by atoms with Crippen LogP contribution in [-0.2, 0) is 22.4 Å². The molecule has 0 unspecified atom stereocenters. The molecule has 0 fully saturated rings. The van der Waals surface area contributed by atoms with Gasteiger partial charge in [-0.2, -0.15) is 0 Å². The van der Waals surface area contributed by atoms with E-state index in [2.05, 4.69) is 21.9 Å². The number of esters is 1. The number of carbonyl (C=O) groups is 1. The topological polar surface area (TPSA) is 51.3 Å². The third-order valence-corrected chi connectivity index (χ3v) is 3.81. The van der Waals surface area contributed by atoms with E-state index in [4.69, 9.17) is 4.74 Å². The third kappa shape index (κ3) is 3.72. The Morgan fingerprint density at radius 2 is 1.87 bits per heavy atom. The molecule has 1 aromatic heterocycles. The number of aromatic amines is 1. The van der Waals surface area contributed by atoms with Crippen molar-refractivity contribution in [2.45, 2.75) is 12.8 Å². The van der Waals surface area contributed by atoms with Crippen LogP contribution < -0.4 is 4.74 Å². The highest BCUT2D eigenvalue weighted by Crippen LogP contribution is 2.19. The quantitative estimate of drug-likeness (QED) is 0.709. The summed E-state index contributed by atoms with van der Waals surface area (Å²) >= 11 is 0. The number of ether oxygens (including phenoxy) is 2. The van der Waals surface area contributed by atoms with E-state index in [1.807, 2.05) is 42.6 Å². The van der Waals surface area contributed by atoms with E-state index >= 15 is 0 Å². The Kier molecular flexibility index (Phi) is 4.62. The zero-order valence-corrected chi connectivity index (χ0v) is 13.0. The Labute approximate surface area is 135 Å². The molecule has 118 valence electrons. The number of methoxy groups -OCH3 is 1. The Morgan fingerprint density at radius 3 is 2.65 bits per heavy atom. The molecule has 4 nitrogen and oxygen atoms in total. The van der Waals surface area contributed by atoms with Crippen LogP contribution in [-0.4, -0.2) is 24.7 Å². The zero-order valence-electron chi connectivity index (χ0n) is 13.0. The van der Waals surface area contributed by atoms with Crippen molar-refractivity contribution in [1.29, 1.82) is 0 Å². The molecule has 0 bridgehead atoms. The molecule has 2 aromatic carbocycles. The van der Waals surface area contributed by atoms with Crippen molar-refractivity contribution in [2.75, 3.05) is 13.7 Å². The number of para-hydroxylation sites is 1. The van der Waals surface area contributed by atoms with Crippen molar-refractivity contribution in [2.24, 2.45) is 0 Å². The molecular formula is C19H19NO3. The first kappa shape index (κ1) is 15.2. The molecule has 1 N–H and O–H groups in total. The molecule has 4 heteroatoms. The van der Waals surface area contributed by atoms with Crippen LogP contribution in [0.3, 0.4) is 0 Å². The first-order chi connectivity index (χ1) is 11.3. The number of fused-ring (bicyclic) bond motifs is 1. The molecule has 0 aliphatic rings. The SMILES string of the molecule is COC(=O)Cc1ccc(OCCc2c[nH]c3ccccc23)cc1. The van der Waals surface area contributed by atoms with Gasteiger partial charge < -0.3 is 14.5 Å². The highest BCUT2D eigenvalue weighted by molar-refractivity contribution is 5.83. The maximum atomic E-state index is 11.2. The number of rotatable bonds is 6. The molecule has 23 heavy (non-hydrogen) atoms. The third-order valence-electron chi connectivity index (χ3n) is 3.81. The summed E-state index contributed by atoms with van der Waals surface area (Å²) in [6, 6.07) is 15.8. The van der Waals surface area contributed by atoms with Crippen molar-refractivity contribution >= 4 is 16.9 Å². The van der Waals surface area contributed by atoms with Crippen molar-refractivity contribution in [1.82, 2.24) is 4.98 Å². The normalized spacial score (nSPS) is 10.7. The summed E-state index contributed by atoms with van der Waals surface area (Å²) in [5.74, 6) is 0.566. The molecular weight excluding hydrogens is 290 g/mol. The molecule has 0 atom stereocenters. The Hall–Kier alpha value is -2.75. The molecule has 0 saturated carbocycles. The number of carbonyl (C=O) groups excluding carboxylic acids is 1. The number of hydrogen-bond donors (Lipinski definition) is 1. The van der Waals surface area contributed by atoms with E-state index in [0.29, 0.717) is 6.61 Å². The fourth-order valence-electron chi connectivity index (χ4n) is 2.56. The summed E-state index contributed by atoms with van der Waals surface area (Å²) < 4.78 is 10.4. The largest absolute Gasteiger partial charge is 0.493 e. The van der Waals surface area contributed by atoms with Gasteiger partial charge in [-0.25, -0.2) is 0 Å². The van der Waals surface area contributed by atoms with Crippen molar-refractivity contribution < 1.29 is 14.3 Å². The minimum atomic E-state index is -0.238. The summed E-state index contributed by atoms with van der Waals surface area (Å²) in [5.41, 5.74) is 3.32. The van der Waals surface area contributed by atoms with Crippen molar-refractivity contribution in [3.63, 3.8) is 0 Å². The monoisotopic (exact) mass is 309 g/mol. The van der Waals surface area contributed by atoms with Crippen LogP contribution in [0.4, 0.5) is 0 Å². The molecule has 0 amide bonds. The second-order valence-corrected chi connectivity index (χ2v) is 5.35. The molecule has 0 spiro atoms. The maximum absolute atomic E-state index is 11.2. The Bertz CT molecular complexity index is 790. The minimum absolute atomic E-state index is 0.238. The summed E-state index contributed by atoms with van der Waals surface area (Å²) in [6.07, 6.45) is 3.16. The highest BCUT2D eigenvalue weighted by Gasteiger charge is 2.05. The van der Waals surface area contributed by atoms with Gasteiger partial charge in [0.05, 0.1) is 20.1 Å². The van der Waals surface area contributed by atoms with Gasteiger partial charge in [-0.1, -0.05) is 30.3 Å². The fourth-order valence-corrected chi connectivity index (χ4v) is 2.56. The number of aromatic nitrogens is 1. The van der Waals surface area contributed by atoms with Crippen LogP contribution in [0.2, 0.25) is 0 Å². The zero-order chi connectivity index (χ0) is 16.1. The van der Waals surface area contributed by atoms with Gasteiger partial charge in [0.2, 0.25) is 0 Å². The van der Waals surface area contributed by atoms with Gasteiger partial charge in [0, 0.05) is 23.5 Å². The van der Waals surface area contributed by atoms with Gasteiger partial charge in [0.25, 0.3) is 0 Å². The number of hydrogen-bond acceptors (Lipinski definition) is 3. The van der Waals surface area contributed by atoms with Crippen molar-refractivity contribution in [3.8, 4) is 5.75 Å². The second kappa shape index (κ2) is 7.01. The predicted octanol–water partition coefficient (Wildman–Crippen LogP) is 3.50. The summed E-state index contributed by atoms with van der Waals surface area (Å²) in [5, 5.41) is 1.24. The summed E-state index contributed by atoms with van der Waals surface area (Å²) in [4.78, 5) is 14.5. The number of benzene rings is 2. The van der Waals surface area contributed by atoms with Gasteiger partial charge in [0.15, 0.2) is 0 Å². The molecule has 3 aromatic rings. The maximum Gasteiger partial charge on any atom is 0.309 e. The van der Waals surface area contributed by atoms with Gasteiger partial charge >= 0.3 is 5.97 Å². The lowest BCUT2D eigenvalue weighted by Gasteiger charge is -2.07. The smallest absolute Gasteiger partial charge is 0.309 e. The average Bonchev–Trinajstić information content (AvgIpc) is 3.00. The van der Waals surface area contributed by atoms with Gasteiger partial charge in [-0.05, 0) is 29.3 Å². The standard InChI is InChI=1S/C19H19NO3/c1-22-19(21)12-14-6-8-16(9-7-14)23-11-10-15-13-20-18-5-3-2-4-17(15)18/h2-9,13,20H,10-12H2,1H3. The molecule has 0 radical (unpaired) electrons. The lowest BCUT2D eigenvalue weighted by Crippen LogP contribution is -2.04. The molecule has 0 saturated heterocycles. The molecule has 0 aliphatic carbocycles. The van der Waals surface area contributed by atoms with Gasteiger partial charge in [-0.3, -0.25) is 4.79 Å². The van der Waals surface area contributed by atoms with Gasteiger partial charge in [-0.15, -0.1) is 0 Å². The van der Waals surface area contributed by atoms with Crippen LogP contribution in [0, 0.1) is 0 Å².